The number of alkyl halides is 3. The lowest BCUT2D eigenvalue weighted by Crippen LogP contribution is -2.04. The van der Waals surface area contributed by atoms with Crippen LogP contribution in [0.2, 0.25) is 5.15 Å². The van der Waals surface area contributed by atoms with Crippen LogP contribution in [0.1, 0.15) is 16.7 Å². The molecule has 0 saturated carbocycles. The molecule has 106 valence electrons. The number of ether oxygens (including phenoxy) is 1. The third-order valence-corrected chi connectivity index (χ3v) is 3.18. The van der Waals surface area contributed by atoms with Gasteiger partial charge in [-0.25, -0.2) is 0 Å². The fourth-order valence-corrected chi connectivity index (χ4v) is 1.65. The van der Waals surface area contributed by atoms with Crippen LogP contribution in [0.4, 0.5) is 13.2 Å². The van der Waals surface area contributed by atoms with Crippen LogP contribution >= 0.6 is 11.6 Å². The molecule has 0 amide bonds. The Balaban J connectivity index is 2.25. The minimum absolute atomic E-state index is 0.214. The summed E-state index contributed by atoms with van der Waals surface area (Å²) < 4.78 is 42.7. The average molecular weight is 303 g/mol. The fourth-order valence-electron chi connectivity index (χ4n) is 1.47. The molecule has 7 heteroatoms. The Labute approximate surface area is 118 Å². The van der Waals surface area contributed by atoms with Crippen LogP contribution < -0.4 is 4.74 Å². The zero-order valence-corrected chi connectivity index (χ0v) is 11.4. The lowest BCUT2D eigenvalue weighted by atomic mass is 10.2. The van der Waals surface area contributed by atoms with Gasteiger partial charge in [-0.1, -0.05) is 11.6 Å². The summed E-state index contributed by atoms with van der Waals surface area (Å²) in [7, 11) is 0. The first-order valence-corrected chi connectivity index (χ1v) is 6.01. The maximum absolute atomic E-state index is 12.4. The van der Waals surface area contributed by atoms with Gasteiger partial charge in [-0.2, -0.15) is 13.2 Å². The Morgan fingerprint density at radius 2 is 1.60 bits per heavy atom. The van der Waals surface area contributed by atoms with Gasteiger partial charge < -0.3 is 4.74 Å². The third kappa shape index (κ3) is 3.01. The van der Waals surface area contributed by atoms with Gasteiger partial charge in [0.25, 0.3) is 0 Å². The lowest BCUT2D eigenvalue weighted by Gasteiger charge is -2.10. The molecule has 1 heterocycles. The van der Waals surface area contributed by atoms with Gasteiger partial charge in [-0.05, 0) is 43.7 Å². The van der Waals surface area contributed by atoms with Crippen LogP contribution in [-0.4, -0.2) is 10.2 Å². The van der Waals surface area contributed by atoms with Crippen molar-refractivity contribution in [1.29, 1.82) is 0 Å². The highest BCUT2D eigenvalue weighted by Crippen LogP contribution is 2.32. The molecule has 0 saturated heterocycles. The van der Waals surface area contributed by atoms with E-state index in [1.54, 1.807) is 13.8 Å². The lowest BCUT2D eigenvalue weighted by molar-refractivity contribution is -0.137. The highest BCUT2D eigenvalue weighted by molar-refractivity contribution is 6.30. The number of hydrogen-bond acceptors (Lipinski definition) is 3. The van der Waals surface area contributed by atoms with E-state index < -0.39 is 11.7 Å². The standard InChI is InChI=1S/C13H10ClF3N2O/c1-7-8(2)12(19-18-11(7)14)20-10-5-3-9(4-6-10)13(15,16)17/h3-6H,1-2H3. The minimum atomic E-state index is -4.37. The Kier molecular flexibility index (Phi) is 3.85. The first-order chi connectivity index (χ1) is 9.29. The summed E-state index contributed by atoms with van der Waals surface area (Å²) in [6, 6.07) is 4.35. The van der Waals surface area contributed by atoms with Gasteiger partial charge in [0.2, 0.25) is 5.88 Å². The average Bonchev–Trinajstić information content (AvgIpc) is 2.39. The zero-order chi connectivity index (χ0) is 14.9. The van der Waals surface area contributed by atoms with E-state index in [4.69, 9.17) is 16.3 Å². The topological polar surface area (TPSA) is 35.0 Å². The summed E-state index contributed by atoms with van der Waals surface area (Å²) >= 11 is 5.81. The van der Waals surface area contributed by atoms with Gasteiger partial charge >= 0.3 is 6.18 Å². The van der Waals surface area contributed by atoms with Crippen LogP contribution in [0, 0.1) is 13.8 Å². The minimum Gasteiger partial charge on any atom is -0.437 e. The van der Waals surface area contributed by atoms with Crippen molar-refractivity contribution in [1.82, 2.24) is 10.2 Å². The van der Waals surface area contributed by atoms with Crippen LogP contribution in [0.3, 0.4) is 0 Å². The van der Waals surface area contributed by atoms with E-state index >= 15 is 0 Å². The quantitative estimate of drug-likeness (QED) is 0.816. The van der Waals surface area contributed by atoms with Gasteiger partial charge in [-0.3, -0.25) is 0 Å². The molecule has 0 N–H and O–H groups in total. The van der Waals surface area contributed by atoms with Crippen molar-refractivity contribution in [2.75, 3.05) is 0 Å². The van der Waals surface area contributed by atoms with Crippen molar-refractivity contribution in [2.45, 2.75) is 20.0 Å². The monoisotopic (exact) mass is 302 g/mol. The van der Waals surface area contributed by atoms with Crippen molar-refractivity contribution in [3.8, 4) is 11.6 Å². The summed E-state index contributed by atoms with van der Waals surface area (Å²) in [5.74, 6) is 0.462. The molecule has 0 atom stereocenters. The summed E-state index contributed by atoms with van der Waals surface area (Å²) in [5, 5.41) is 7.75. The van der Waals surface area contributed by atoms with Gasteiger partial charge in [0, 0.05) is 5.56 Å². The van der Waals surface area contributed by atoms with E-state index in [1.807, 2.05) is 0 Å². The molecule has 0 fully saturated rings. The van der Waals surface area contributed by atoms with E-state index in [2.05, 4.69) is 10.2 Å². The molecular weight excluding hydrogens is 293 g/mol. The van der Waals surface area contributed by atoms with Gasteiger partial charge in [-0.15, -0.1) is 10.2 Å². The van der Waals surface area contributed by atoms with Gasteiger partial charge in [0.15, 0.2) is 5.15 Å². The van der Waals surface area contributed by atoms with Crippen molar-refractivity contribution in [3.63, 3.8) is 0 Å². The van der Waals surface area contributed by atoms with E-state index in [-0.39, 0.29) is 16.8 Å². The highest BCUT2D eigenvalue weighted by atomic mass is 35.5. The molecule has 0 aliphatic heterocycles. The number of nitrogens with zero attached hydrogens (tertiary/aromatic N) is 2. The molecule has 3 nitrogen and oxygen atoms in total. The first-order valence-electron chi connectivity index (χ1n) is 5.63. The number of halogens is 4. The number of rotatable bonds is 2. The van der Waals surface area contributed by atoms with Crippen LogP contribution in [0.25, 0.3) is 0 Å². The second-order valence-corrected chi connectivity index (χ2v) is 4.53. The SMILES string of the molecule is Cc1c(Cl)nnc(Oc2ccc(C(F)(F)F)cc2)c1C. The summed E-state index contributed by atoms with van der Waals surface area (Å²) in [4.78, 5) is 0. The summed E-state index contributed by atoms with van der Waals surface area (Å²) in [5.41, 5.74) is 0.661. The molecule has 0 radical (unpaired) electrons. The normalized spacial score (nSPS) is 11.5. The molecule has 0 aliphatic rings. The largest absolute Gasteiger partial charge is 0.437 e. The summed E-state index contributed by atoms with van der Waals surface area (Å²) in [6.07, 6.45) is -4.37. The van der Waals surface area contributed by atoms with Gasteiger partial charge in [0.05, 0.1) is 5.56 Å². The van der Waals surface area contributed by atoms with E-state index in [9.17, 15) is 13.2 Å². The molecule has 0 spiro atoms. The second kappa shape index (κ2) is 5.28. The molecule has 0 aliphatic carbocycles. The smallest absolute Gasteiger partial charge is 0.416 e. The van der Waals surface area contributed by atoms with Crippen LogP contribution in [0.5, 0.6) is 11.6 Å². The molecule has 1 aromatic heterocycles. The molecule has 1 aromatic carbocycles. The second-order valence-electron chi connectivity index (χ2n) is 4.17. The van der Waals surface area contributed by atoms with Crippen LogP contribution in [0.15, 0.2) is 24.3 Å². The van der Waals surface area contributed by atoms with E-state index in [0.717, 1.165) is 12.1 Å². The van der Waals surface area contributed by atoms with Crippen molar-refractivity contribution < 1.29 is 17.9 Å². The molecule has 0 bridgehead atoms. The molecular formula is C13H10ClF3N2O. The highest BCUT2D eigenvalue weighted by Gasteiger charge is 2.30. The third-order valence-electron chi connectivity index (χ3n) is 2.82. The maximum Gasteiger partial charge on any atom is 0.416 e. The predicted molar refractivity (Wildman–Crippen MR) is 68.0 cm³/mol. The first kappa shape index (κ1) is 14.6. The van der Waals surface area contributed by atoms with E-state index in [0.29, 0.717) is 11.1 Å². The number of benzene rings is 1. The number of aromatic nitrogens is 2. The van der Waals surface area contributed by atoms with Crippen LogP contribution in [-0.2, 0) is 6.18 Å². The Morgan fingerprint density at radius 3 is 2.15 bits per heavy atom. The molecule has 0 unspecified atom stereocenters. The van der Waals surface area contributed by atoms with E-state index in [1.165, 1.54) is 12.1 Å². The predicted octanol–water partition coefficient (Wildman–Crippen LogP) is 4.56. The number of hydrogen-bond donors (Lipinski definition) is 0. The Bertz CT molecular complexity index is 627. The maximum atomic E-state index is 12.4. The van der Waals surface area contributed by atoms with Crippen molar-refractivity contribution >= 4 is 11.6 Å². The zero-order valence-electron chi connectivity index (χ0n) is 10.6. The van der Waals surface area contributed by atoms with Crippen molar-refractivity contribution in [3.05, 3.63) is 46.1 Å². The molecule has 20 heavy (non-hydrogen) atoms. The van der Waals surface area contributed by atoms with Crippen molar-refractivity contribution in [2.24, 2.45) is 0 Å². The molecule has 2 rings (SSSR count). The summed E-state index contributed by atoms with van der Waals surface area (Å²) in [6.45, 7) is 3.50. The Hall–Kier alpha value is -1.82. The Morgan fingerprint density at radius 1 is 1.00 bits per heavy atom. The fraction of sp³-hybridized carbons (Fsp3) is 0.231. The molecule has 2 aromatic rings. The van der Waals surface area contributed by atoms with Gasteiger partial charge in [0.1, 0.15) is 5.75 Å².